The maximum Gasteiger partial charge on any atom is 0.252 e. The summed E-state index contributed by atoms with van der Waals surface area (Å²) in [4.78, 5) is 2.22. The van der Waals surface area contributed by atoms with Crippen LogP contribution in [0.5, 0.6) is 0 Å². The van der Waals surface area contributed by atoms with E-state index in [1.54, 1.807) is 21.8 Å². The fraction of sp³-hybridized carbons (Fsp3) is 0.667. The summed E-state index contributed by atoms with van der Waals surface area (Å²) < 4.78 is 32.9. The van der Waals surface area contributed by atoms with Gasteiger partial charge in [-0.3, -0.25) is 4.90 Å². The molecule has 0 radical (unpaired) electrons. The predicted molar refractivity (Wildman–Crippen MR) is 73.8 cm³/mol. The molecule has 2 fully saturated rings. The molecule has 0 N–H and O–H groups in total. The molecule has 2 saturated heterocycles. The molecule has 3 heterocycles. The van der Waals surface area contributed by atoms with Gasteiger partial charge in [-0.1, -0.05) is 6.07 Å². The van der Waals surface area contributed by atoms with Crippen molar-refractivity contribution in [1.29, 1.82) is 0 Å². The minimum atomic E-state index is -3.34. The van der Waals surface area contributed by atoms with E-state index in [9.17, 15) is 8.42 Å². The summed E-state index contributed by atoms with van der Waals surface area (Å²) >= 11 is 1.28. The molecule has 19 heavy (non-hydrogen) atoms. The van der Waals surface area contributed by atoms with E-state index >= 15 is 0 Å². The normalized spacial score (nSPS) is 30.2. The lowest BCUT2D eigenvalue weighted by molar-refractivity contribution is 0.0728. The predicted octanol–water partition coefficient (Wildman–Crippen LogP) is 0.699. The third-order valence-electron chi connectivity index (χ3n) is 3.80. The van der Waals surface area contributed by atoms with Crippen molar-refractivity contribution in [2.24, 2.45) is 5.92 Å². The first-order chi connectivity index (χ1) is 9.07. The molecule has 3 rings (SSSR count). The molecule has 2 aliphatic rings. The van der Waals surface area contributed by atoms with E-state index < -0.39 is 10.0 Å². The van der Waals surface area contributed by atoms with Crippen molar-refractivity contribution in [3.8, 4) is 0 Å². The Morgan fingerprint density at radius 2 is 2.16 bits per heavy atom. The minimum Gasteiger partial charge on any atom is -0.379 e. The van der Waals surface area contributed by atoms with Gasteiger partial charge >= 0.3 is 0 Å². The molecule has 0 unspecified atom stereocenters. The Bertz CT molecular complexity index is 529. The van der Waals surface area contributed by atoms with E-state index in [1.165, 1.54) is 11.3 Å². The van der Waals surface area contributed by atoms with Gasteiger partial charge in [0.2, 0.25) is 0 Å². The van der Waals surface area contributed by atoms with Crippen LogP contribution in [0.1, 0.15) is 0 Å². The van der Waals surface area contributed by atoms with Crippen LogP contribution in [-0.2, 0) is 14.8 Å². The fourth-order valence-electron chi connectivity index (χ4n) is 2.74. The first-order valence-electron chi connectivity index (χ1n) is 6.39. The Balaban J connectivity index is 1.90. The summed E-state index contributed by atoms with van der Waals surface area (Å²) in [7, 11) is -1.29. The van der Waals surface area contributed by atoms with Gasteiger partial charge in [0.15, 0.2) is 0 Å². The zero-order valence-electron chi connectivity index (χ0n) is 10.9. The molecule has 1 aromatic heterocycles. The smallest absolute Gasteiger partial charge is 0.252 e. The number of fused-ring (bicyclic) bond motifs is 3. The van der Waals surface area contributed by atoms with Crippen molar-refractivity contribution in [1.82, 2.24) is 9.21 Å². The zero-order chi connectivity index (χ0) is 13.5. The van der Waals surface area contributed by atoms with Crippen LogP contribution in [0.25, 0.3) is 0 Å². The fourth-order valence-corrected chi connectivity index (χ4v) is 5.44. The molecule has 2 bridgehead atoms. The molecule has 7 heteroatoms. The summed E-state index contributed by atoms with van der Waals surface area (Å²) in [5.41, 5.74) is 0. The molecule has 0 aliphatic carbocycles. The van der Waals surface area contributed by atoms with Gasteiger partial charge in [0.1, 0.15) is 4.21 Å². The Morgan fingerprint density at radius 3 is 2.89 bits per heavy atom. The number of thiophene rings is 1. The summed E-state index contributed by atoms with van der Waals surface area (Å²) in [5.74, 6) is 0.257. The topological polar surface area (TPSA) is 49.9 Å². The summed E-state index contributed by atoms with van der Waals surface area (Å²) in [5, 5.41) is 1.81. The van der Waals surface area contributed by atoms with Crippen LogP contribution in [0, 0.1) is 5.92 Å². The molecular formula is C12H18N2O3S2. The number of nitrogens with zero attached hydrogens (tertiary/aromatic N) is 2. The van der Waals surface area contributed by atoms with Crippen molar-refractivity contribution in [3.63, 3.8) is 0 Å². The largest absolute Gasteiger partial charge is 0.379 e. The number of sulfonamides is 1. The quantitative estimate of drug-likeness (QED) is 0.807. The average Bonchev–Trinajstić information content (AvgIpc) is 2.75. The van der Waals surface area contributed by atoms with E-state index in [2.05, 4.69) is 4.90 Å². The molecule has 0 amide bonds. The molecule has 0 spiro atoms. The minimum absolute atomic E-state index is 0.155. The standard InChI is InChI=1S/C12H18N2O3S2/c1-13-5-10-6-14(7-11(13)9-17-8-10)19(15,16)12-3-2-4-18-12/h2-4,10-11H,5-9H2,1H3/t10-,11+/m1/s1. The molecule has 2 aliphatic heterocycles. The average molecular weight is 302 g/mol. The van der Waals surface area contributed by atoms with Crippen molar-refractivity contribution in [2.45, 2.75) is 10.3 Å². The van der Waals surface area contributed by atoms with E-state index in [0.29, 0.717) is 30.5 Å². The van der Waals surface area contributed by atoms with Gasteiger partial charge in [0.25, 0.3) is 10.0 Å². The number of hydrogen-bond acceptors (Lipinski definition) is 5. The van der Waals surface area contributed by atoms with Gasteiger partial charge in [-0.2, -0.15) is 4.31 Å². The van der Waals surface area contributed by atoms with Gasteiger partial charge in [0, 0.05) is 31.6 Å². The van der Waals surface area contributed by atoms with E-state index in [-0.39, 0.29) is 12.0 Å². The number of hydrogen-bond donors (Lipinski definition) is 0. The maximum absolute atomic E-state index is 12.6. The second-order valence-corrected chi connectivity index (χ2v) is 8.36. The van der Waals surface area contributed by atoms with Crippen molar-refractivity contribution < 1.29 is 13.2 Å². The van der Waals surface area contributed by atoms with Gasteiger partial charge in [-0.05, 0) is 18.5 Å². The van der Waals surface area contributed by atoms with E-state index in [1.807, 2.05) is 7.05 Å². The van der Waals surface area contributed by atoms with Crippen LogP contribution < -0.4 is 0 Å². The second kappa shape index (κ2) is 5.14. The molecule has 1 aromatic rings. The van der Waals surface area contributed by atoms with Crippen LogP contribution in [0.4, 0.5) is 0 Å². The highest BCUT2D eigenvalue weighted by molar-refractivity contribution is 7.91. The number of ether oxygens (including phenoxy) is 1. The molecule has 106 valence electrons. The first kappa shape index (κ1) is 13.5. The molecule has 0 aromatic carbocycles. The van der Waals surface area contributed by atoms with Crippen molar-refractivity contribution in [2.75, 3.05) is 39.9 Å². The third kappa shape index (κ3) is 2.57. The van der Waals surface area contributed by atoms with Gasteiger partial charge < -0.3 is 4.74 Å². The number of rotatable bonds is 2. The van der Waals surface area contributed by atoms with Crippen LogP contribution >= 0.6 is 11.3 Å². The van der Waals surface area contributed by atoms with Gasteiger partial charge in [-0.25, -0.2) is 8.42 Å². The van der Waals surface area contributed by atoms with Gasteiger partial charge in [0.05, 0.1) is 13.2 Å². The van der Waals surface area contributed by atoms with Crippen LogP contribution in [0.3, 0.4) is 0 Å². The Hall–Kier alpha value is -0.470. The monoisotopic (exact) mass is 302 g/mol. The maximum atomic E-state index is 12.6. The highest BCUT2D eigenvalue weighted by Gasteiger charge is 2.37. The third-order valence-corrected chi connectivity index (χ3v) is 7.00. The molecule has 0 saturated carbocycles. The lowest BCUT2D eigenvalue weighted by Crippen LogP contribution is -2.44. The molecular weight excluding hydrogens is 284 g/mol. The summed E-state index contributed by atoms with van der Waals surface area (Å²) in [6.45, 7) is 3.25. The number of likely N-dealkylation sites (N-methyl/N-ethyl adjacent to an activating group) is 1. The molecule has 5 nitrogen and oxygen atoms in total. The zero-order valence-corrected chi connectivity index (χ0v) is 12.5. The van der Waals surface area contributed by atoms with Crippen molar-refractivity contribution in [3.05, 3.63) is 17.5 Å². The SMILES string of the molecule is CN1C[C@H]2COC[C@@H]1CN(S(=O)(=O)c1cccs1)C2. The lowest BCUT2D eigenvalue weighted by Gasteiger charge is -2.28. The first-order valence-corrected chi connectivity index (χ1v) is 8.71. The van der Waals surface area contributed by atoms with E-state index in [0.717, 1.165) is 6.54 Å². The highest BCUT2D eigenvalue weighted by Crippen LogP contribution is 2.26. The van der Waals surface area contributed by atoms with Gasteiger partial charge in [-0.15, -0.1) is 11.3 Å². The van der Waals surface area contributed by atoms with Crippen molar-refractivity contribution >= 4 is 21.4 Å². The highest BCUT2D eigenvalue weighted by atomic mass is 32.2. The van der Waals surface area contributed by atoms with Crippen LogP contribution in [0.2, 0.25) is 0 Å². The van der Waals surface area contributed by atoms with E-state index in [4.69, 9.17) is 4.74 Å². The molecule has 2 atom stereocenters. The Labute approximate surface area is 117 Å². The summed E-state index contributed by atoms with van der Waals surface area (Å²) in [6, 6.07) is 3.62. The Kier molecular flexibility index (Phi) is 3.65. The lowest BCUT2D eigenvalue weighted by atomic mass is 10.1. The van der Waals surface area contributed by atoms with Crippen LogP contribution in [0.15, 0.2) is 21.7 Å². The second-order valence-electron chi connectivity index (χ2n) is 5.25. The van der Waals surface area contributed by atoms with Crippen LogP contribution in [-0.4, -0.2) is 63.6 Å². The Morgan fingerprint density at radius 1 is 1.32 bits per heavy atom. The summed E-state index contributed by atoms with van der Waals surface area (Å²) in [6.07, 6.45) is 0.